The number of carbonyl (C=O) groups excluding carboxylic acids is 2. The van der Waals surface area contributed by atoms with Gasteiger partial charge in [-0.1, -0.05) is 54.1 Å². The molecule has 0 bridgehead atoms. The molecule has 2 amide bonds. The van der Waals surface area contributed by atoms with E-state index in [2.05, 4.69) is 16.2 Å². The highest BCUT2D eigenvalue weighted by Gasteiger charge is 2.12. The van der Waals surface area contributed by atoms with Crippen molar-refractivity contribution >= 4 is 40.7 Å². The molecule has 0 aliphatic carbocycles. The second kappa shape index (κ2) is 10.4. The number of hydrogen-bond donors (Lipinski definition) is 3. The van der Waals surface area contributed by atoms with Crippen LogP contribution >= 0.6 is 23.8 Å². The summed E-state index contributed by atoms with van der Waals surface area (Å²) in [5, 5.41) is 2.69. The van der Waals surface area contributed by atoms with Crippen molar-refractivity contribution in [3.63, 3.8) is 0 Å². The summed E-state index contributed by atoms with van der Waals surface area (Å²) in [6.07, 6.45) is 0. The average Bonchev–Trinajstić information content (AvgIpc) is 2.77. The Labute approximate surface area is 184 Å². The third-order valence-corrected chi connectivity index (χ3v) is 4.53. The van der Waals surface area contributed by atoms with E-state index >= 15 is 0 Å². The van der Waals surface area contributed by atoms with Gasteiger partial charge < -0.3 is 4.74 Å². The van der Waals surface area contributed by atoms with Crippen molar-refractivity contribution in [2.24, 2.45) is 0 Å². The Hall–Kier alpha value is -3.42. The number of nitrogens with one attached hydrogen (secondary N) is 3. The number of hydrazine groups is 1. The summed E-state index contributed by atoms with van der Waals surface area (Å²) in [7, 11) is 0. The molecule has 0 saturated carbocycles. The fourth-order valence-electron chi connectivity index (χ4n) is 2.48. The lowest BCUT2D eigenvalue weighted by Crippen LogP contribution is -2.48. The summed E-state index contributed by atoms with van der Waals surface area (Å²) in [5.74, 6) is -0.253. The van der Waals surface area contributed by atoms with E-state index in [1.165, 1.54) is 0 Å². The molecule has 0 spiro atoms. The number of ether oxygens (including phenoxy) is 1. The average molecular weight is 440 g/mol. The Morgan fingerprint density at radius 2 is 1.50 bits per heavy atom. The van der Waals surface area contributed by atoms with Crippen LogP contribution in [-0.2, 0) is 6.61 Å². The van der Waals surface area contributed by atoms with Crippen molar-refractivity contribution in [1.29, 1.82) is 0 Å². The van der Waals surface area contributed by atoms with Gasteiger partial charge in [0.2, 0.25) is 0 Å². The number of amides is 2. The minimum absolute atomic E-state index is 0.0592. The highest BCUT2D eigenvalue weighted by Crippen LogP contribution is 2.15. The molecule has 3 aromatic carbocycles. The predicted octanol–water partition coefficient (Wildman–Crippen LogP) is 3.87. The van der Waals surface area contributed by atoms with E-state index in [0.717, 1.165) is 5.56 Å². The molecular weight excluding hydrogens is 422 g/mol. The van der Waals surface area contributed by atoms with Gasteiger partial charge in [-0.05, 0) is 54.2 Å². The van der Waals surface area contributed by atoms with Gasteiger partial charge in [-0.3, -0.25) is 25.8 Å². The Balaban J connectivity index is 1.46. The van der Waals surface area contributed by atoms with Gasteiger partial charge >= 0.3 is 0 Å². The van der Waals surface area contributed by atoms with Crippen LogP contribution in [0.4, 0.5) is 0 Å². The lowest BCUT2D eigenvalue weighted by Gasteiger charge is -2.12. The van der Waals surface area contributed by atoms with Crippen molar-refractivity contribution in [1.82, 2.24) is 16.2 Å². The molecule has 0 radical (unpaired) electrons. The first-order valence-corrected chi connectivity index (χ1v) is 9.74. The van der Waals surface area contributed by atoms with Gasteiger partial charge in [0, 0.05) is 5.56 Å². The molecule has 0 unspecified atom stereocenters. The molecule has 6 nitrogen and oxygen atoms in total. The molecule has 30 heavy (non-hydrogen) atoms. The summed E-state index contributed by atoms with van der Waals surface area (Å²) >= 11 is 11.0. The van der Waals surface area contributed by atoms with E-state index in [1.807, 2.05) is 30.3 Å². The third kappa shape index (κ3) is 6.04. The van der Waals surface area contributed by atoms with Gasteiger partial charge in [-0.2, -0.15) is 0 Å². The standard InChI is InChI=1S/C22H18ClN3O3S/c23-19-9-5-4-8-18(19)21(28)24-22(30)26-25-20(27)16-10-12-17(13-11-16)29-14-15-6-2-1-3-7-15/h1-13H,14H2,(H,25,27)(H2,24,26,28,30). The highest BCUT2D eigenvalue weighted by atomic mass is 35.5. The SMILES string of the molecule is O=C(NNC(=S)NC(=O)c1ccccc1Cl)c1ccc(OCc2ccccc2)cc1. The lowest BCUT2D eigenvalue weighted by atomic mass is 10.2. The minimum Gasteiger partial charge on any atom is -0.489 e. The van der Waals surface area contributed by atoms with Crippen molar-refractivity contribution in [3.8, 4) is 5.75 Å². The monoisotopic (exact) mass is 439 g/mol. The molecule has 3 N–H and O–H groups in total. The molecule has 3 aromatic rings. The van der Waals surface area contributed by atoms with E-state index in [4.69, 9.17) is 28.6 Å². The summed E-state index contributed by atoms with van der Waals surface area (Å²) in [5.41, 5.74) is 6.64. The molecule has 152 valence electrons. The van der Waals surface area contributed by atoms with E-state index < -0.39 is 11.8 Å². The first-order chi connectivity index (χ1) is 14.5. The van der Waals surface area contributed by atoms with Crippen LogP contribution in [0.15, 0.2) is 78.9 Å². The maximum Gasteiger partial charge on any atom is 0.269 e. The van der Waals surface area contributed by atoms with E-state index in [1.54, 1.807) is 48.5 Å². The lowest BCUT2D eigenvalue weighted by molar-refractivity contribution is 0.0934. The normalized spacial score (nSPS) is 10.0. The second-order valence-corrected chi connectivity index (χ2v) is 6.96. The van der Waals surface area contributed by atoms with Gasteiger partial charge in [0.25, 0.3) is 11.8 Å². The molecule has 3 rings (SSSR count). The summed E-state index contributed by atoms with van der Waals surface area (Å²) in [6, 6.07) is 23.0. The van der Waals surface area contributed by atoms with Gasteiger partial charge in [0.1, 0.15) is 12.4 Å². The van der Waals surface area contributed by atoms with E-state index in [0.29, 0.717) is 22.9 Å². The Kier molecular flexibility index (Phi) is 7.37. The molecular formula is C22H18ClN3O3S. The quantitative estimate of drug-likeness (QED) is 0.415. The van der Waals surface area contributed by atoms with Crippen LogP contribution in [0, 0.1) is 0 Å². The van der Waals surface area contributed by atoms with Crippen LogP contribution in [0.1, 0.15) is 26.3 Å². The predicted molar refractivity (Wildman–Crippen MR) is 119 cm³/mol. The Bertz CT molecular complexity index is 1040. The molecule has 0 atom stereocenters. The summed E-state index contributed by atoms with van der Waals surface area (Å²) in [6.45, 7) is 0.438. The first kappa shape index (κ1) is 21.3. The molecule has 0 aromatic heterocycles. The van der Waals surface area contributed by atoms with Crippen molar-refractivity contribution in [2.45, 2.75) is 6.61 Å². The zero-order chi connectivity index (χ0) is 21.3. The first-order valence-electron chi connectivity index (χ1n) is 8.96. The number of carbonyl (C=O) groups is 2. The van der Waals surface area contributed by atoms with Crippen molar-refractivity contribution < 1.29 is 14.3 Å². The van der Waals surface area contributed by atoms with Crippen LogP contribution in [0.2, 0.25) is 5.02 Å². The van der Waals surface area contributed by atoms with Crippen molar-refractivity contribution in [2.75, 3.05) is 0 Å². The summed E-state index contributed by atoms with van der Waals surface area (Å²) < 4.78 is 5.69. The number of benzene rings is 3. The summed E-state index contributed by atoms with van der Waals surface area (Å²) in [4.78, 5) is 24.4. The van der Waals surface area contributed by atoms with Crippen LogP contribution in [-0.4, -0.2) is 16.9 Å². The highest BCUT2D eigenvalue weighted by molar-refractivity contribution is 7.80. The fraction of sp³-hybridized carbons (Fsp3) is 0.0455. The smallest absolute Gasteiger partial charge is 0.269 e. The molecule has 0 aliphatic rings. The van der Waals surface area contributed by atoms with Gasteiger partial charge in [-0.15, -0.1) is 0 Å². The minimum atomic E-state index is -0.479. The van der Waals surface area contributed by atoms with E-state index in [-0.39, 0.29) is 10.7 Å². The number of rotatable bonds is 5. The number of halogens is 1. The fourth-order valence-corrected chi connectivity index (χ4v) is 2.84. The van der Waals surface area contributed by atoms with Crippen LogP contribution in [0.3, 0.4) is 0 Å². The second-order valence-electron chi connectivity index (χ2n) is 6.14. The molecule has 0 saturated heterocycles. The van der Waals surface area contributed by atoms with Crippen LogP contribution in [0.25, 0.3) is 0 Å². The topological polar surface area (TPSA) is 79.5 Å². The number of hydrogen-bond acceptors (Lipinski definition) is 4. The van der Waals surface area contributed by atoms with Gasteiger partial charge in [0.15, 0.2) is 5.11 Å². The molecule has 0 fully saturated rings. The molecule has 8 heteroatoms. The van der Waals surface area contributed by atoms with E-state index in [9.17, 15) is 9.59 Å². The molecule has 0 heterocycles. The van der Waals surface area contributed by atoms with Gasteiger partial charge in [-0.25, -0.2) is 0 Å². The molecule has 0 aliphatic heterocycles. The van der Waals surface area contributed by atoms with Crippen LogP contribution < -0.4 is 20.9 Å². The van der Waals surface area contributed by atoms with Crippen LogP contribution in [0.5, 0.6) is 5.75 Å². The zero-order valence-electron chi connectivity index (χ0n) is 15.7. The maximum absolute atomic E-state index is 12.2. The Morgan fingerprint density at radius 3 is 2.20 bits per heavy atom. The van der Waals surface area contributed by atoms with Gasteiger partial charge in [0.05, 0.1) is 10.6 Å². The van der Waals surface area contributed by atoms with Crippen molar-refractivity contribution in [3.05, 3.63) is 101 Å². The maximum atomic E-state index is 12.2. The zero-order valence-corrected chi connectivity index (χ0v) is 17.3. The number of thiocarbonyl (C=S) groups is 1. The Morgan fingerprint density at radius 1 is 0.833 bits per heavy atom. The largest absolute Gasteiger partial charge is 0.489 e. The third-order valence-electron chi connectivity index (χ3n) is 4.00.